The van der Waals surface area contributed by atoms with Crippen LogP contribution in [0.1, 0.15) is 105 Å². The largest absolute Gasteiger partial charge is 0.359 e. The van der Waals surface area contributed by atoms with Crippen LogP contribution in [-0.4, -0.2) is 45.5 Å². The molecular weight excluding hydrogens is 332 g/mol. The van der Waals surface area contributed by atoms with E-state index in [0.29, 0.717) is 0 Å². The minimum absolute atomic E-state index is 0.0783. The van der Waals surface area contributed by atoms with Crippen molar-refractivity contribution in [3.8, 4) is 0 Å². The van der Waals surface area contributed by atoms with Crippen LogP contribution in [-0.2, 0) is 0 Å². The lowest BCUT2D eigenvalue weighted by molar-refractivity contribution is 0.198. The Morgan fingerprint density at radius 2 is 0.885 bits per heavy atom. The highest BCUT2D eigenvalue weighted by molar-refractivity contribution is 6.40. The van der Waals surface area contributed by atoms with Crippen LogP contribution in [0.25, 0.3) is 0 Å². The zero-order valence-corrected chi connectivity index (χ0v) is 20.4. The molecule has 0 N–H and O–H groups in total. The number of rotatable bonds is 19. The molecule has 0 aromatic carbocycles. The van der Waals surface area contributed by atoms with Crippen LogP contribution >= 0.6 is 0 Å². The first-order chi connectivity index (χ1) is 12.7. The van der Waals surface area contributed by atoms with Gasteiger partial charge in [0, 0.05) is 35.7 Å². The van der Waals surface area contributed by atoms with Gasteiger partial charge in [-0.05, 0) is 25.7 Å². The quantitative estimate of drug-likeness (QED) is 0.189. The first-order valence-corrected chi connectivity index (χ1v) is 14.2. The molecule has 26 heavy (non-hydrogen) atoms. The van der Waals surface area contributed by atoms with Crippen LogP contribution in [0.2, 0.25) is 6.55 Å². The van der Waals surface area contributed by atoms with Crippen LogP contribution in [0.5, 0.6) is 0 Å². The predicted octanol–water partition coefficient (Wildman–Crippen LogP) is 6.37. The van der Waals surface area contributed by atoms with Gasteiger partial charge in [0.05, 0.1) is 5.82 Å². The molecule has 0 aliphatic carbocycles. The van der Waals surface area contributed by atoms with Gasteiger partial charge < -0.3 is 9.80 Å². The number of hydrogen-bond donors (Lipinski definition) is 0. The van der Waals surface area contributed by atoms with Gasteiger partial charge in [-0.3, -0.25) is 0 Å². The summed E-state index contributed by atoms with van der Waals surface area (Å²) in [5.41, 5.74) is 2.65. The molecule has 3 heteroatoms. The third kappa shape index (κ3) is 12.8. The van der Waals surface area contributed by atoms with Crippen molar-refractivity contribution in [2.75, 3.05) is 26.2 Å². The second kappa shape index (κ2) is 19.3. The van der Waals surface area contributed by atoms with E-state index in [4.69, 9.17) is 0 Å². The average Bonchev–Trinajstić information content (AvgIpc) is 2.64. The Morgan fingerprint density at radius 1 is 0.577 bits per heavy atom. The van der Waals surface area contributed by atoms with Crippen molar-refractivity contribution >= 4 is 9.52 Å². The highest BCUT2D eigenvalue weighted by Crippen LogP contribution is 2.17. The van der Waals surface area contributed by atoms with Gasteiger partial charge in [-0.25, -0.2) is 0 Å². The molecule has 0 spiro atoms. The molecule has 0 aromatic heterocycles. The van der Waals surface area contributed by atoms with Crippen molar-refractivity contribution in [1.29, 1.82) is 0 Å². The van der Waals surface area contributed by atoms with Gasteiger partial charge in [-0.15, -0.1) is 0 Å². The molecule has 0 saturated carbocycles. The molecule has 0 aliphatic heterocycles. The van der Waals surface area contributed by atoms with Crippen LogP contribution in [0.3, 0.4) is 0 Å². The Morgan fingerprint density at radius 3 is 1.12 bits per heavy atom. The number of unbranched alkanes of at least 4 members (excludes halogenated alkanes) is 8. The standard InChI is InChI=1S/C23H50N2Si/c1-6-10-14-18-24(19-15-11-7-2)23(22-26-5)25(20-16-12-8-3)21-17-13-9-4/h22H,6-21,26H2,1-5H3. The molecule has 0 aliphatic rings. The molecule has 0 unspecified atom stereocenters. The van der Waals surface area contributed by atoms with E-state index in [9.17, 15) is 0 Å². The van der Waals surface area contributed by atoms with E-state index in [1.807, 2.05) is 0 Å². The molecule has 2 nitrogen and oxygen atoms in total. The molecule has 0 aromatic rings. The average molecular weight is 383 g/mol. The van der Waals surface area contributed by atoms with Gasteiger partial charge in [-0.2, -0.15) is 0 Å². The highest BCUT2D eigenvalue weighted by atomic mass is 28.2. The zero-order chi connectivity index (χ0) is 19.5. The molecule has 0 fully saturated rings. The Kier molecular flexibility index (Phi) is 19.0. The molecular formula is C23H50N2Si. The first-order valence-electron chi connectivity index (χ1n) is 11.9. The summed E-state index contributed by atoms with van der Waals surface area (Å²) in [5, 5.41) is 0. The normalized spacial score (nSPS) is 11.3. The lowest BCUT2D eigenvalue weighted by Gasteiger charge is -2.37. The lowest BCUT2D eigenvalue weighted by atomic mass is 10.2. The van der Waals surface area contributed by atoms with Gasteiger partial charge in [0.15, 0.2) is 0 Å². The summed E-state index contributed by atoms with van der Waals surface area (Å²) in [5.74, 6) is 1.61. The third-order valence-electron chi connectivity index (χ3n) is 5.16. The van der Waals surface area contributed by atoms with E-state index in [-0.39, 0.29) is 9.52 Å². The Balaban J connectivity index is 5.10. The second-order valence-corrected chi connectivity index (χ2v) is 9.00. The van der Waals surface area contributed by atoms with Crippen molar-refractivity contribution in [1.82, 2.24) is 9.80 Å². The van der Waals surface area contributed by atoms with Gasteiger partial charge in [0.1, 0.15) is 0 Å². The van der Waals surface area contributed by atoms with E-state index in [2.05, 4.69) is 49.7 Å². The maximum Gasteiger partial charge on any atom is 0.0952 e. The predicted molar refractivity (Wildman–Crippen MR) is 124 cm³/mol. The summed E-state index contributed by atoms with van der Waals surface area (Å²) in [4.78, 5) is 5.53. The maximum absolute atomic E-state index is 2.76. The maximum atomic E-state index is 2.76. The Hall–Kier alpha value is -0.443. The Labute approximate surface area is 168 Å². The van der Waals surface area contributed by atoms with Crippen molar-refractivity contribution in [2.24, 2.45) is 0 Å². The van der Waals surface area contributed by atoms with E-state index in [1.165, 1.54) is 103 Å². The van der Waals surface area contributed by atoms with Crippen molar-refractivity contribution in [2.45, 2.75) is 111 Å². The molecule has 0 saturated heterocycles. The van der Waals surface area contributed by atoms with Crippen molar-refractivity contribution in [3.05, 3.63) is 11.5 Å². The highest BCUT2D eigenvalue weighted by Gasteiger charge is 2.16. The summed E-state index contributed by atoms with van der Waals surface area (Å²) in [6.07, 6.45) is 16.2. The minimum atomic E-state index is -0.0783. The topological polar surface area (TPSA) is 6.48 Å². The molecule has 0 bridgehead atoms. The lowest BCUT2D eigenvalue weighted by Crippen LogP contribution is -2.38. The van der Waals surface area contributed by atoms with E-state index in [1.54, 1.807) is 5.82 Å². The molecule has 0 atom stereocenters. The Bertz CT molecular complexity index is 271. The summed E-state index contributed by atoms with van der Waals surface area (Å²) >= 11 is 0. The smallest absolute Gasteiger partial charge is 0.0952 e. The van der Waals surface area contributed by atoms with E-state index < -0.39 is 0 Å². The number of hydrogen-bond acceptors (Lipinski definition) is 2. The SMILES string of the molecule is CCCCCN(CCCCC)C(=C[SiH2]C)N(CCCCC)CCCCC. The first kappa shape index (κ1) is 25.6. The zero-order valence-electron chi connectivity index (χ0n) is 19.0. The molecule has 156 valence electrons. The molecule has 0 heterocycles. The van der Waals surface area contributed by atoms with Crippen LogP contribution < -0.4 is 0 Å². The second-order valence-electron chi connectivity index (χ2n) is 7.77. The summed E-state index contributed by atoms with van der Waals surface area (Å²) in [6, 6.07) is 0. The van der Waals surface area contributed by atoms with Gasteiger partial charge >= 0.3 is 0 Å². The molecule has 0 radical (unpaired) electrons. The summed E-state index contributed by atoms with van der Waals surface area (Å²) in [7, 11) is -0.0783. The molecule has 0 amide bonds. The fourth-order valence-electron chi connectivity index (χ4n) is 3.53. The monoisotopic (exact) mass is 382 g/mol. The van der Waals surface area contributed by atoms with Crippen LogP contribution in [0.4, 0.5) is 0 Å². The van der Waals surface area contributed by atoms with Gasteiger partial charge in [0.25, 0.3) is 0 Å². The number of nitrogens with zero attached hydrogens (tertiary/aromatic N) is 2. The van der Waals surface area contributed by atoms with Crippen LogP contribution in [0.15, 0.2) is 11.5 Å². The third-order valence-corrected chi connectivity index (χ3v) is 5.93. The van der Waals surface area contributed by atoms with E-state index >= 15 is 0 Å². The van der Waals surface area contributed by atoms with E-state index in [0.717, 1.165) is 0 Å². The summed E-state index contributed by atoms with van der Waals surface area (Å²) < 4.78 is 0. The van der Waals surface area contributed by atoms with Crippen molar-refractivity contribution < 1.29 is 0 Å². The fourth-order valence-corrected chi connectivity index (χ4v) is 4.41. The minimum Gasteiger partial charge on any atom is -0.359 e. The van der Waals surface area contributed by atoms with Crippen LogP contribution in [0, 0.1) is 0 Å². The summed E-state index contributed by atoms with van der Waals surface area (Å²) in [6.45, 7) is 16.7. The van der Waals surface area contributed by atoms with Gasteiger partial charge in [-0.1, -0.05) is 91.3 Å². The van der Waals surface area contributed by atoms with Crippen molar-refractivity contribution in [3.63, 3.8) is 0 Å². The van der Waals surface area contributed by atoms with Gasteiger partial charge in [0.2, 0.25) is 0 Å². The fraction of sp³-hybridized carbons (Fsp3) is 0.913. The molecule has 0 rings (SSSR count).